The quantitative estimate of drug-likeness (QED) is 0.855. The molecule has 2 N–H and O–H groups in total. The molecule has 0 bridgehead atoms. The predicted octanol–water partition coefficient (Wildman–Crippen LogP) is 2.69. The van der Waals surface area contributed by atoms with Crippen molar-refractivity contribution in [1.29, 1.82) is 0 Å². The first-order valence-electron chi connectivity index (χ1n) is 8.59. The summed E-state index contributed by atoms with van der Waals surface area (Å²) < 4.78 is 40.4. The fourth-order valence-electron chi connectivity index (χ4n) is 3.14. The molecule has 1 fully saturated rings. The Bertz CT molecular complexity index is 751. The number of aromatic nitrogens is 2. The van der Waals surface area contributed by atoms with Crippen LogP contribution >= 0.6 is 0 Å². The fraction of sp³-hybridized carbons (Fsp3) is 0.444. The van der Waals surface area contributed by atoms with Crippen LogP contribution in [0.25, 0.3) is 0 Å². The van der Waals surface area contributed by atoms with Gasteiger partial charge >= 0.3 is 6.18 Å². The average molecular weight is 366 g/mol. The van der Waals surface area contributed by atoms with Crippen LogP contribution in [-0.2, 0) is 24.1 Å². The first kappa shape index (κ1) is 18.4. The molecular weight excluding hydrogens is 345 g/mol. The van der Waals surface area contributed by atoms with E-state index in [1.165, 1.54) is 22.9 Å². The molecule has 26 heavy (non-hydrogen) atoms. The number of benzene rings is 1. The second-order valence-corrected chi connectivity index (χ2v) is 6.41. The maximum atomic E-state index is 13.0. The van der Waals surface area contributed by atoms with Crippen LogP contribution in [0.1, 0.15) is 35.6 Å². The molecule has 140 valence electrons. The van der Waals surface area contributed by atoms with Crippen molar-refractivity contribution in [2.45, 2.75) is 38.0 Å². The normalized spacial score (nSPS) is 17.9. The standard InChI is InChI=1S/C18H21F3N4O/c19-18(20,21)15-6-2-1-4-13(15)11-23-17(26)12-25-9-7-16(24-25)14-5-3-8-22-10-14/h1-2,4,6-7,9,14,22H,3,5,8,10-12H2,(H,23,26)/t14-/m1/s1. The van der Waals surface area contributed by atoms with Gasteiger partial charge in [-0.3, -0.25) is 9.48 Å². The molecule has 2 aromatic rings. The molecule has 0 spiro atoms. The predicted molar refractivity (Wildman–Crippen MR) is 90.4 cm³/mol. The summed E-state index contributed by atoms with van der Waals surface area (Å²) in [6.07, 6.45) is -0.555. The summed E-state index contributed by atoms with van der Waals surface area (Å²) in [6, 6.07) is 7.13. The molecule has 8 heteroatoms. The first-order chi connectivity index (χ1) is 12.4. The Balaban J connectivity index is 1.56. The van der Waals surface area contributed by atoms with Crippen LogP contribution in [0.4, 0.5) is 13.2 Å². The molecule has 0 saturated carbocycles. The van der Waals surface area contributed by atoms with Crippen LogP contribution in [-0.4, -0.2) is 28.8 Å². The van der Waals surface area contributed by atoms with Crippen molar-refractivity contribution >= 4 is 5.91 Å². The largest absolute Gasteiger partial charge is 0.416 e. The number of hydrogen-bond donors (Lipinski definition) is 2. The van der Waals surface area contributed by atoms with Gasteiger partial charge in [0, 0.05) is 25.2 Å². The van der Waals surface area contributed by atoms with E-state index in [1.54, 1.807) is 6.20 Å². The summed E-state index contributed by atoms with van der Waals surface area (Å²) in [4.78, 5) is 12.1. The highest BCUT2D eigenvalue weighted by Crippen LogP contribution is 2.31. The van der Waals surface area contributed by atoms with Gasteiger partial charge in [0.1, 0.15) is 6.54 Å². The Morgan fingerprint density at radius 1 is 1.31 bits per heavy atom. The summed E-state index contributed by atoms with van der Waals surface area (Å²) in [5.41, 5.74) is 0.252. The second-order valence-electron chi connectivity index (χ2n) is 6.41. The minimum atomic E-state index is -4.44. The van der Waals surface area contributed by atoms with E-state index in [0.717, 1.165) is 37.7 Å². The Morgan fingerprint density at radius 2 is 2.12 bits per heavy atom. The highest BCUT2D eigenvalue weighted by atomic mass is 19.4. The van der Waals surface area contributed by atoms with Crippen molar-refractivity contribution in [1.82, 2.24) is 20.4 Å². The molecule has 2 heterocycles. The molecule has 5 nitrogen and oxygen atoms in total. The molecule has 1 saturated heterocycles. The summed E-state index contributed by atoms with van der Waals surface area (Å²) >= 11 is 0. The summed E-state index contributed by atoms with van der Waals surface area (Å²) in [7, 11) is 0. The van der Waals surface area contributed by atoms with E-state index in [1.807, 2.05) is 6.07 Å². The third-order valence-electron chi connectivity index (χ3n) is 4.48. The zero-order valence-corrected chi connectivity index (χ0v) is 14.2. The van der Waals surface area contributed by atoms with E-state index in [2.05, 4.69) is 15.7 Å². The van der Waals surface area contributed by atoms with Crippen LogP contribution in [0, 0.1) is 0 Å². The van der Waals surface area contributed by atoms with E-state index in [4.69, 9.17) is 0 Å². The van der Waals surface area contributed by atoms with Crippen LogP contribution in [0.15, 0.2) is 36.5 Å². The molecular formula is C18H21F3N4O. The number of rotatable bonds is 5. The van der Waals surface area contributed by atoms with Crippen LogP contribution in [0.5, 0.6) is 0 Å². The number of halogens is 3. The lowest BCUT2D eigenvalue weighted by Crippen LogP contribution is -2.29. The summed E-state index contributed by atoms with van der Waals surface area (Å²) in [6.45, 7) is 1.69. The average Bonchev–Trinajstić information content (AvgIpc) is 3.09. The maximum Gasteiger partial charge on any atom is 0.416 e. The molecule has 3 rings (SSSR count). The molecule has 0 aliphatic carbocycles. The number of alkyl halides is 3. The zero-order chi connectivity index (χ0) is 18.6. The Hall–Kier alpha value is -2.35. The van der Waals surface area contributed by atoms with Crippen molar-refractivity contribution < 1.29 is 18.0 Å². The Morgan fingerprint density at radius 3 is 2.85 bits per heavy atom. The topological polar surface area (TPSA) is 59.0 Å². The molecule has 1 atom stereocenters. The van der Waals surface area contributed by atoms with Gasteiger partial charge in [0.2, 0.25) is 5.91 Å². The molecule has 1 aromatic heterocycles. The first-order valence-corrected chi connectivity index (χ1v) is 8.59. The molecule has 0 unspecified atom stereocenters. The van der Waals surface area contributed by atoms with Gasteiger partial charge in [-0.05, 0) is 37.1 Å². The lowest BCUT2D eigenvalue weighted by molar-refractivity contribution is -0.138. The van der Waals surface area contributed by atoms with Crippen LogP contribution in [0.3, 0.4) is 0 Å². The summed E-state index contributed by atoms with van der Waals surface area (Å²) in [5.74, 6) is -0.0369. The smallest absolute Gasteiger partial charge is 0.350 e. The second kappa shape index (κ2) is 7.90. The van der Waals surface area contributed by atoms with Crippen molar-refractivity contribution in [3.63, 3.8) is 0 Å². The van der Waals surface area contributed by atoms with Gasteiger partial charge in [-0.1, -0.05) is 18.2 Å². The maximum absolute atomic E-state index is 13.0. The third kappa shape index (κ3) is 4.63. The van der Waals surface area contributed by atoms with E-state index in [0.29, 0.717) is 5.92 Å². The molecule has 1 aromatic carbocycles. The van der Waals surface area contributed by atoms with Gasteiger partial charge in [-0.15, -0.1) is 0 Å². The van der Waals surface area contributed by atoms with E-state index >= 15 is 0 Å². The minimum Gasteiger partial charge on any atom is -0.350 e. The monoisotopic (exact) mass is 366 g/mol. The number of carbonyl (C=O) groups is 1. The van der Waals surface area contributed by atoms with Gasteiger partial charge in [-0.25, -0.2) is 0 Å². The Labute approximate surface area is 149 Å². The highest BCUT2D eigenvalue weighted by molar-refractivity contribution is 5.75. The Kier molecular flexibility index (Phi) is 5.61. The van der Waals surface area contributed by atoms with E-state index in [9.17, 15) is 18.0 Å². The fourth-order valence-corrected chi connectivity index (χ4v) is 3.14. The van der Waals surface area contributed by atoms with Gasteiger partial charge in [0.25, 0.3) is 0 Å². The van der Waals surface area contributed by atoms with Crippen molar-refractivity contribution in [2.75, 3.05) is 13.1 Å². The van der Waals surface area contributed by atoms with E-state index in [-0.39, 0.29) is 24.6 Å². The number of nitrogens with zero attached hydrogens (tertiary/aromatic N) is 2. The van der Waals surface area contributed by atoms with Gasteiger partial charge in [-0.2, -0.15) is 18.3 Å². The number of hydrogen-bond acceptors (Lipinski definition) is 3. The van der Waals surface area contributed by atoms with Gasteiger partial charge < -0.3 is 10.6 Å². The third-order valence-corrected chi connectivity index (χ3v) is 4.48. The summed E-state index contributed by atoms with van der Waals surface area (Å²) in [5, 5.41) is 10.3. The van der Waals surface area contributed by atoms with Gasteiger partial charge in [0.05, 0.1) is 11.3 Å². The lowest BCUT2D eigenvalue weighted by Gasteiger charge is -2.20. The number of piperidine rings is 1. The molecule has 1 aliphatic heterocycles. The molecule has 1 amide bonds. The number of carbonyl (C=O) groups excluding carboxylic acids is 1. The lowest BCUT2D eigenvalue weighted by atomic mass is 9.97. The zero-order valence-electron chi connectivity index (χ0n) is 14.2. The van der Waals surface area contributed by atoms with E-state index < -0.39 is 11.7 Å². The number of nitrogens with one attached hydrogen (secondary N) is 2. The van der Waals surface area contributed by atoms with Gasteiger partial charge in [0.15, 0.2) is 0 Å². The number of amides is 1. The van der Waals surface area contributed by atoms with Crippen molar-refractivity contribution in [3.05, 3.63) is 53.3 Å². The van der Waals surface area contributed by atoms with Crippen LogP contribution in [0.2, 0.25) is 0 Å². The van der Waals surface area contributed by atoms with Crippen LogP contribution < -0.4 is 10.6 Å². The van der Waals surface area contributed by atoms with Crippen molar-refractivity contribution in [3.8, 4) is 0 Å². The minimum absolute atomic E-state index is 0.0195. The highest BCUT2D eigenvalue weighted by Gasteiger charge is 2.32. The molecule has 0 radical (unpaired) electrons. The molecule has 1 aliphatic rings. The SMILES string of the molecule is O=C(Cn1ccc([C@@H]2CCCNC2)n1)NCc1ccccc1C(F)(F)F. The van der Waals surface area contributed by atoms with Crippen molar-refractivity contribution in [2.24, 2.45) is 0 Å².